The smallest absolute Gasteiger partial charge is 0.325 e. The molecule has 0 fully saturated rings. The average Bonchev–Trinajstić information content (AvgIpc) is 3.03. The van der Waals surface area contributed by atoms with E-state index in [2.05, 4.69) is 15.5 Å². The number of carboxylic acids is 1. The number of aliphatic carboxylic acids is 1. The van der Waals surface area contributed by atoms with Crippen LogP contribution in [0.15, 0.2) is 24.7 Å². The lowest BCUT2D eigenvalue weighted by molar-refractivity contribution is -0.137. The zero-order chi connectivity index (χ0) is 15.2. The SMILES string of the molecule is Cc1cnn(CCCNC(=O)c2ccn(CC(=O)O)n2)c1. The molecular formula is C13H17N5O3. The van der Waals surface area contributed by atoms with Crippen molar-refractivity contribution < 1.29 is 14.7 Å². The molecular weight excluding hydrogens is 274 g/mol. The van der Waals surface area contributed by atoms with E-state index in [-0.39, 0.29) is 18.1 Å². The van der Waals surface area contributed by atoms with Crippen LogP contribution in [-0.4, -0.2) is 43.1 Å². The largest absolute Gasteiger partial charge is 0.480 e. The molecule has 0 aliphatic rings. The molecule has 2 aromatic heterocycles. The maximum absolute atomic E-state index is 11.8. The summed E-state index contributed by atoms with van der Waals surface area (Å²) in [6.07, 6.45) is 5.95. The summed E-state index contributed by atoms with van der Waals surface area (Å²) in [7, 11) is 0. The molecule has 1 amide bonds. The summed E-state index contributed by atoms with van der Waals surface area (Å²) in [5, 5.41) is 19.4. The second-order valence-corrected chi connectivity index (χ2v) is 4.68. The first-order valence-electron chi connectivity index (χ1n) is 6.57. The molecule has 21 heavy (non-hydrogen) atoms. The number of carbonyl (C=O) groups is 2. The highest BCUT2D eigenvalue weighted by molar-refractivity contribution is 5.92. The molecule has 2 N–H and O–H groups in total. The first-order chi connectivity index (χ1) is 10.0. The van der Waals surface area contributed by atoms with Crippen molar-refractivity contribution in [3.63, 3.8) is 0 Å². The molecule has 112 valence electrons. The van der Waals surface area contributed by atoms with Crippen molar-refractivity contribution in [2.45, 2.75) is 26.4 Å². The van der Waals surface area contributed by atoms with Crippen LogP contribution in [0.4, 0.5) is 0 Å². The summed E-state index contributed by atoms with van der Waals surface area (Å²) < 4.78 is 3.03. The van der Waals surface area contributed by atoms with Crippen molar-refractivity contribution in [3.05, 3.63) is 35.9 Å². The van der Waals surface area contributed by atoms with E-state index in [1.807, 2.05) is 17.8 Å². The number of carboxylic acid groups (broad SMARTS) is 1. The molecule has 0 aliphatic carbocycles. The molecule has 0 atom stereocenters. The van der Waals surface area contributed by atoms with Crippen LogP contribution in [0.25, 0.3) is 0 Å². The van der Waals surface area contributed by atoms with Gasteiger partial charge in [0.25, 0.3) is 5.91 Å². The van der Waals surface area contributed by atoms with E-state index in [9.17, 15) is 9.59 Å². The summed E-state index contributed by atoms with van der Waals surface area (Å²) in [6.45, 7) is 2.94. The maximum Gasteiger partial charge on any atom is 0.325 e. The molecule has 0 aliphatic heterocycles. The second kappa shape index (κ2) is 6.69. The molecule has 0 saturated heterocycles. The molecule has 0 radical (unpaired) electrons. The van der Waals surface area contributed by atoms with Gasteiger partial charge in [0, 0.05) is 25.5 Å². The molecule has 2 aromatic rings. The third-order valence-electron chi connectivity index (χ3n) is 2.78. The van der Waals surface area contributed by atoms with E-state index in [0.29, 0.717) is 6.54 Å². The number of nitrogens with one attached hydrogen (secondary N) is 1. The van der Waals surface area contributed by atoms with Gasteiger partial charge in [-0.1, -0.05) is 0 Å². The van der Waals surface area contributed by atoms with Gasteiger partial charge in [-0.3, -0.25) is 19.0 Å². The van der Waals surface area contributed by atoms with Crippen LogP contribution in [-0.2, 0) is 17.9 Å². The van der Waals surface area contributed by atoms with E-state index >= 15 is 0 Å². The molecule has 8 heteroatoms. The fourth-order valence-corrected chi connectivity index (χ4v) is 1.83. The van der Waals surface area contributed by atoms with Crippen LogP contribution in [0.2, 0.25) is 0 Å². The third-order valence-corrected chi connectivity index (χ3v) is 2.78. The number of nitrogens with zero attached hydrogens (tertiary/aromatic N) is 4. The van der Waals surface area contributed by atoms with E-state index < -0.39 is 5.97 Å². The van der Waals surface area contributed by atoms with Gasteiger partial charge in [0.05, 0.1) is 6.20 Å². The third kappa shape index (κ3) is 4.44. The van der Waals surface area contributed by atoms with Gasteiger partial charge in [0.1, 0.15) is 12.2 Å². The van der Waals surface area contributed by atoms with Crippen LogP contribution in [0.3, 0.4) is 0 Å². The van der Waals surface area contributed by atoms with Crippen LogP contribution < -0.4 is 5.32 Å². The average molecular weight is 291 g/mol. The monoisotopic (exact) mass is 291 g/mol. The van der Waals surface area contributed by atoms with E-state index in [1.165, 1.54) is 16.9 Å². The standard InChI is InChI=1S/C13H17N5O3/c1-10-7-15-17(8-10)5-2-4-14-13(21)11-3-6-18(16-11)9-12(19)20/h3,6-8H,2,4-5,9H2,1H3,(H,14,21)(H,19,20). The predicted octanol–water partition coefficient (Wildman–Crippen LogP) is 0.293. The summed E-state index contributed by atoms with van der Waals surface area (Å²) in [5.41, 5.74) is 1.31. The van der Waals surface area contributed by atoms with Crippen molar-refractivity contribution in [1.29, 1.82) is 0 Å². The van der Waals surface area contributed by atoms with Gasteiger partial charge >= 0.3 is 5.97 Å². The minimum atomic E-state index is -1.00. The van der Waals surface area contributed by atoms with Gasteiger partial charge in [0.15, 0.2) is 0 Å². The topological polar surface area (TPSA) is 102 Å². The molecule has 0 aromatic carbocycles. The van der Waals surface area contributed by atoms with E-state index in [0.717, 1.165) is 18.5 Å². The lowest BCUT2D eigenvalue weighted by atomic mass is 10.3. The summed E-state index contributed by atoms with van der Waals surface area (Å²) in [4.78, 5) is 22.3. The number of hydrogen-bond donors (Lipinski definition) is 2. The number of hydrogen-bond acceptors (Lipinski definition) is 4. The lowest BCUT2D eigenvalue weighted by Crippen LogP contribution is -2.26. The predicted molar refractivity (Wildman–Crippen MR) is 73.8 cm³/mol. The van der Waals surface area contributed by atoms with E-state index in [4.69, 9.17) is 5.11 Å². The molecule has 0 spiro atoms. The lowest BCUT2D eigenvalue weighted by Gasteiger charge is -2.03. The molecule has 0 saturated carbocycles. The van der Waals surface area contributed by atoms with Crippen molar-refractivity contribution >= 4 is 11.9 Å². The Kier molecular flexibility index (Phi) is 4.70. The fourth-order valence-electron chi connectivity index (χ4n) is 1.83. The van der Waals surface area contributed by atoms with Crippen LogP contribution in [0.1, 0.15) is 22.5 Å². The van der Waals surface area contributed by atoms with Crippen molar-refractivity contribution in [2.24, 2.45) is 0 Å². The van der Waals surface area contributed by atoms with Crippen molar-refractivity contribution in [1.82, 2.24) is 24.9 Å². The Morgan fingerprint density at radius 2 is 2.19 bits per heavy atom. The minimum absolute atomic E-state index is 0.214. The van der Waals surface area contributed by atoms with E-state index in [1.54, 1.807) is 6.20 Å². The molecule has 8 nitrogen and oxygen atoms in total. The summed E-state index contributed by atoms with van der Waals surface area (Å²) >= 11 is 0. The number of carbonyl (C=O) groups excluding carboxylic acids is 1. The number of rotatable bonds is 7. The molecule has 2 heterocycles. The first-order valence-corrected chi connectivity index (χ1v) is 6.57. The normalized spacial score (nSPS) is 10.5. The summed E-state index contributed by atoms with van der Waals surface area (Å²) in [5.74, 6) is -1.31. The van der Waals surface area contributed by atoms with Gasteiger partial charge < -0.3 is 10.4 Å². The maximum atomic E-state index is 11.8. The Hall–Kier alpha value is -2.64. The van der Waals surface area contributed by atoms with Gasteiger partial charge in [-0.25, -0.2) is 0 Å². The Labute approximate surface area is 121 Å². The molecule has 0 bridgehead atoms. The zero-order valence-corrected chi connectivity index (χ0v) is 11.7. The highest BCUT2D eigenvalue weighted by Gasteiger charge is 2.10. The van der Waals surface area contributed by atoms with Crippen LogP contribution in [0.5, 0.6) is 0 Å². The van der Waals surface area contributed by atoms with Crippen LogP contribution >= 0.6 is 0 Å². The zero-order valence-electron chi connectivity index (χ0n) is 11.7. The second-order valence-electron chi connectivity index (χ2n) is 4.68. The van der Waals surface area contributed by atoms with Crippen molar-refractivity contribution in [2.75, 3.05) is 6.54 Å². The first kappa shape index (κ1) is 14.8. The quantitative estimate of drug-likeness (QED) is 0.714. The van der Waals surface area contributed by atoms with Gasteiger partial charge in [-0.05, 0) is 25.0 Å². The Morgan fingerprint density at radius 3 is 2.86 bits per heavy atom. The summed E-state index contributed by atoms with van der Waals surface area (Å²) in [6, 6.07) is 1.50. The molecule has 2 rings (SSSR count). The number of aromatic nitrogens is 4. The number of aryl methyl sites for hydroxylation is 2. The molecule has 0 unspecified atom stereocenters. The Balaban J connectivity index is 1.74. The van der Waals surface area contributed by atoms with Gasteiger partial charge in [-0.15, -0.1) is 0 Å². The van der Waals surface area contributed by atoms with Crippen LogP contribution in [0, 0.1) is 6.92 Å². The fraction of sp³-hybridized carbons (Fsp3) is 0.385. The minimum Gasteiger partial charge on any atom is -0.480 e. The van der Waals surface area contributed by atoms with Gasteiger partial charge in [0.2, 0.25) is 0 Å². The number of amides is 1. The highest BCUT2D eigenvalue weighted by atomic mass is 16.4. The van der Waals surface area contributed by atoms with Gasteiger partial charge in [-0.2, -0.15) is 10.2 Å². The van der Waals surface area contributed by atoms with Crippen molar-refractivity contribution in [3.8, 4) is 0 Å². The highest BCUT2D eigenvalue weighted by Crippen LogP contribution is 1.97. The Bertz CT molecular complexity index is 631. The Morgan fingerprint density at radius 1 is 1.38 bits per heavy atom.